The molecule has 0 radical (unpaired) electrons. The molecule has 0 saturated heterocycles. The second-order valence-corrected chi connectivity index (χ2v) is 7.51. The highest BCUT2D eigenvalue weighted by Gasteiger charge is 2.35. The summed E-state index contributed by atoms with van der Waals surface area (Å²) >= 11 is 0. The molecule has 1 aliphatic rings. The number of benzene rings is 1. The molecule has 1 unspecified atom stereocenters. The quantitative estimate of drug-likeness (QED) is 0.446. The van der Waals surface area contributed by atoms with E-state index in [-0.39, 0.29) is 11.9 Å². The van der Waals surface area contributed by atoms with Gasteiger partial charge in [-0.25, -0.2) is 18.9 Å². The summed E-state index contributed by atoms with van der Waals surface area (Å²) in [6, 6.07) is 10.1. The number of nitrogens with zero attached hydrogens (tertiary/aromatic N) is 5. The lowest BCUT2D eigenvalue weighted by Gasteiger charge is -2.20. The second kappa shape index (κ2) is 9.37. The molecule has 0 spiro atoms. The topological polar surface area (TPSA) is 100 Å². The molecule has 5 rings (SSSR count). The monoisotopic (exact) mass is 436 g/mol. The molecule has 0 amide bonds. The van der Waals surface area contributed by atoms with Crippen molar-refractivity contribution in [3.63, 3.8) is 0 Å². The molecule has 4 aromatic rings. The van der Waals surface area contributed by atoms with Crippen molar-refractivity contribution in [3.05, 3.63) is 60.4 Å². The van der Waals surface area contributed by atoms with Crippen LogP contribution in [0.4, 0.5) is 4.39 Å². The Morgan fingerprint density at radius 1 is 1.19 bits per heavy atom. The number of hydrogen-bond donors (Lipinski definition) is 1. The lowest BCUT2D eigenvalue weighted by Crippen LogP contribution is -2.17. The van der Waals surface area contributed by atoms with Gasteiger partial charge in [0.15, 0.2) is 11.9 Å². The van der Waals surface area contributed by atoms with Gasteiger partial charge in [0, 0.05) is 12.7 Å². The Kier molecular flexibility index (Phi) is 6.38. The predicted octanol–water partition coefficient (Wildman–Crippen LogP) is 3.38. The first-order valence-corrected chi connectivity index (χ1v) is 10.4. The molecule has 0 aliphatic heterocycles. The summed E-state index contributed by atoms with van der Waals surface area (Å²) in [6.07, 6.45) is 6.31. The number of aldehydes is 1. The number of carbonyl (C=O) groups is 1. The van der Waals surface area contributed by atoms with E-state index in [0.29, 0.717) is 35.3 Å². The number of rotatable bonds is 7. The van der Waals surface area contributed by atoms with Gasteiger partial charge in [-0.2, -0.15) is 5.10 Å². The summed E-state index contributed by atoms with van der Waals surface area (Å²) in [6.45, 7) is 0.559. The molecular formula is C23H25FN6O2. The van der Waals surface area contributed by atoms with Crippen molar-refractivity contribution in [2.24, 2.45) is 11.7 Å². The molecule has 0 bridgehead atoms. The highest BCUT2D eigenvalue weighted by molar-refractivity contribution is 5.78. The Morgan fingerprint density at radius 3 is 2.59 bits per heavy atom. The molecule has 166 valence electrons. The average Bonchev–Trinajstić information content (AvgIpc) is 3.44. The minimum absolute atomic E-state index is 0.123. The normalized spacial score (nSPS) is 14.1. The van der Waals surface area contributed by atoms with Gasteiger partial charge < -0.3 is 15.0 Å². The van der Waals surface area contributed by atoms with Gasteiger partial charge in [-0.15, -0.1) is 0 Å². The molecule has 1 saturated carbocycles. The molecule has 8 nitrogen and oxygen atoms in total. The van der Waals surface area contributed by atoms with Crippen molar-refractivity contribution in [2.75, 3.05) is 20.8 Å². The first-order valence-electron chi connectivity index (χ1n) is 10.4. The SMILES string of the molecule is CN.COCC(C1CC1)n1cnc(-c2ccc(F)cc2)c1-c1ccc2ncc(C=O)n2n1. The third-order valence-corrected chi connectivity index (χ3v) is 5.52. The Morgan fingerprint density at radius 2 is 1.94 bits per heavy atom. The molecule has 2 N–H and O–H groups in total. The van der Waals surface area contributed by atoms with Crippen LogP contribution in [0, 0.1) is 11.7 Å². The number of methoxy groups -OCH3 is 1. The number of hydrogen-bond acceptors (Lipinski definition) is 6. The van der Waals surface area contributed by atoms with Gasteiger partial charge in [0.1, 0.15) is 17.2 Å². The van der Waals surface area contributed by atoms with Crippen molar-refractivity contribution in [1.82, 2.24) is 24.1 Å². The van der Waals surface area contributed by atoms with Crippen LogP contribution in [0.25, 0.3) is 28.3 Å². The van der Waals surface area contributed by atoms with Gasteiger partial charge >= 0.3 is 0 Å². The van der Waals surface area contributed by atoms with Crippen LogP contribution in [-0.4, -0.2) is 51.2 Å². The fourth-order valence-electron chi connectivity index (χ4n) is 3.88. The van der Waals surface area contributed by atoms with Gasteiger partial charge in [0.2, 0.25) is 0 Å². The van der Waals surface area contributed by atoms with Crippen LogP contribution in [0.1, 0.15) is 29.4 Å². The van der Waals surface area contributed by atoms with Gasteiger partial charge in [0.05, 0.1) is 36.6 Å². The van der Waals surface area contributed by atoms with E-state index < -0.39 is 0 Å². The fraction of sp³-hybridized carbons (Fsp3) is 0.304. The summed E-state index contributed by atoms with van der Waals surface area (Å²) < 4.78 is 22.6. The number of halogens is 1. The predicted molar refractivity (Wildman–Crippen MR) is 119 cm³/mol. The maximum Gasteiger partial charge on any atom is 0.170 e. The van der Waals surface area contributed by atoms with Gasteiger partial charge in [-0.1, -0.05) is 0 Å². The van der Waals surface area contributed by atoms with E-state index in [9.17, 15) is 9.18 Å². The van der Waals surface area contributed by atoms with Gasteiger partial charge in [-0.3, -0.25) is 4.79 Å². The molecular weight excluding hydrogens is 411 g/mol. The minimum atomic E-state index is -0.302. The summed E-state index contributed by atoms with van der Waals surface area (Å²) in [5, 5.41) is 4.68. The minimum Gasteiger partial charge on any atom is -0.383 e. The zero-order valence-corrected chi connectivity index (χ0v) is 18.0. The van der Waals surface area contributed by atoms with E-state index in [0.717, 1.165) is 30.4 Å². The lowest BCUT2D eigenvalue weighted by molar-refractivity contribution is 0.111. The zero-order chi connectivity index (χ0) is 22.7. The maximum absolute atomic E-state index is 13.5. The van der Waals surface area contributed by atoms with Crippen LogP contribution >= 0.6 is 0 Å². The van der Waals surface area contributed by atoms with Crippen LogP contribution in [0.3, 0.4) is 0 Å². The molecule has 3 aromatic heterocycles. The van der Waals surface area contributed by atoms with Crippen LogP contribution in [0.2, 0.25) is 0 Å². The Labute approximate surface area is 184 Å². The molecule has 9 heteroatoms. The Balaban J connectivity index is 0.00000119. The molecule has 1 aromatic carbocycles. The molecule has 32 heavy (non-hydrogen) atoms. The number of aromatic nitrogens is 5. The van der Waals surface area contributed by atoms with Gasteiger partial charge in [0.25, 0.3) is 0 Å². The number of imidazole rings is 2. The number of ether oxygens (including phenoxy) is 1. The van der Waals surface area contributed by atoms with Crippen molar-refractivity contribution in [3.8, 4) is 22.6 Å². The van der Waals surface area contributed by atoms with Gasteiger partial charge in [-0.05, 0) is 62.2 Å². The number of nitrogens with two attached hydrogens (primary N) is 1. The first kappa shape index (κ1) is 21.8. The molecule has 1 fully saturated rings. The molecule has 1 aliphatic carbocycles. The third-order valence-electron chi connectivity index (χ3n) is 5.52. The highest BCUT2D eigenvalue weighted by Crippen LogP contribution is 2.43. The maximum atomic E-state index is 13.5. The van der Waals surface area contributed by atoms with Crippen molar-refractivity contribution in [2.45, 2.75) is 18.9 Å². The van der Waals surface area contributed by atoms with E-state index >= 15 is 0 Å². The van der Waals surface area contributed by atoms with Crippen molar-refractivity contribution in [1.29, 1.82) is 0 Å². The van der Waals surface area contributed by atoms with Crippen LogP contribution in [-0.2, 0) is 4.74 Å². The standard InChI is InChI=1S/C22H20FN5O2.CH5N/c1-30-12-19(14-2-3-14)27-13-25-21(15-4-6-16(23)7-5-15)22(27)18-8-9-20-24-10-17(11-29)28(20)26-18;1-2/h4-11,13-14,19H,2-3,12H2,1H3;2H2,1H3. The zero-order valence-electron chi connectivity index (χ0n) is 18.0. The summed E-state index contributed by atoms with van der Waals surface area (Å²) in [5.41, 5.74) is 8.42. The van der Waals surface area contributed by atoms with E-state index in [1.807, 2.05) is 12.1 Å². The summed E-state index contributed by atoms with van der Waals surface area (Å²) in [7, 11) is 3.19. The summed E-state index contributed by atoms with van der Waals surface area (Å²) in [5.74, 6) is 0.213. The fourth-order valence-corrected chi connectivity index (χ4v) is 3.88. The van der Waals surface area contributed by atoms with Crippen LogP contribution in [0.15, 0.2) is 48.9 Å². The van der Waals surface area contributed by atoms with E-state index in [1.165, 1.54) is 29.9 Å². The van der Waals surface area contributed by atoms with Crippen molar-refractivity contribution < 1.29 is 13.9 Å². The highest BCUT2D eigenvalue weighted by atomic mass is 19.1. The number of fused-ring (bicyclic) bond motifs is 1. The molecule has 1 atom stereocenters. The van der Waals surface area contributed by atoms with E-state index in [1.54, 1.807) is 25.6 Å². The largest absolute Gasteiger partial charge is 0.383 e. The van der Waals surface area contributed by atoms with E-state index in [4.69, 9.17) is 4.74 Å². The Hall–Kier alpha value is -3.43. The molecule has 3 heterocycles. The number of carbonyl (C=O) groups excluding carboxylic acids is 1. The van der Waals surface area contributed by atoms with Crippen molar-refractivity contribution >= 4 is 11.9 Å². The first-order chi connectivity index (χ1) is 15.7. The Bertz CT molecular complexity index is 1210. The second-order valence-electron chi connectivity index (χ2n) is 7.51. The lowest BCUT2D eigenvalue weighted by atomic mass is 10.1. The third kappa shape index (κ3) is 4.04. The smallest absolute Gasteiger partial charge is 0.170 e. The van der Waals surface area contributed by atoms with Crippen LogP contribution < -0.4 is 5.73 Å². The van der Waals surface area contributed by atoms with E-state index in [2.05, 4.69) is 25.4 Å². The van der Waals surface area contributed by atoms with Crippen LogP contribution in [0.5, 0.6) is 0 Å². The summed E-state index contributed by atoms with van der Waals surface area (Å²) in [4.78, 5) is 20.3. The average molecular weight is 436 g/mol.